The number of nitrogens with zero attached hydrogens (tertiary/aromatic N) is 3. The second-order valence-electron chi connectivity index (χ2n) is 5.14. The number of nitro groups is 1. The lowest BCUT2D eigenvalue weighted by molar-refractivity contribution is -0.385. The molecule has 0 atom stereocenters. The molecule has 2 aromatic carbocycles. The second-order valence-corrected chi connectivity index (χ2v) is 5.92. The molecule has 0 spiro atoms. The van der Waals surface area contributed by atoms with E-state index in [4.69, 9.17) is 32.7 Å². The number of hydrogen-bond acceptors (Lipinski definition) is 7. The number of benzene rings is 2. The van der Waals surface area contributed by atoms with Crippen molar-refractivity contribution in [2.75, 3.05) is 12.4 Å². The Morgan fingerprint density at radius 3 is 2.44 bits per heavy atom. The molecule has 0 saturated heterocycles. The van der Waals surface area contributed by atoms with Gasteiger partial charge >= 0.3 is 11.6 Å². The van der Waals surface area contributed by atoms with Crippen LogP contribution in [0.5, 0.6) is 17.4 Å². The van der Waals surface area contributed by atoms with Gasteiger partial charge in [0.2, 0.25) is 5.82 Å². The van der Waals surface area contributed by atoms with Gasteiger partial charge in [0.15, 0.2) is 0 Å². The lowest BCUT2D eigenvalue weighted by Crippen LogP contribution is -2.04. The van der Waals surface area contributed by atoms with Crippen LogP contribution in [0.25, 0.3) is 0 Å². The van der Waals surface area contributed by atoms with Gasteiger partial charge in [-0.05, 0) is 36.4 Å². The van der Waals surface area contributed by atoms with Crippen molar-refractivity contribution in [3.8, 4) is 17.4 Å². The molecular formula is C17H12Cl2N4O4. The van der Waals surface area contributed by atoms with Crippen LogP contribution in [-0.2, 0) is 0 Å². The minimum absolute atomic E-state index is 0.0809. The highest BCUT2D eigenvalue weighted by atomic mass is 35.5. The summed E-state index contributed by atoms with van der Waals surface area (Å²) in [6, 6.07) is 11.4. The molecule has 0 unspecified atom stereocenters. The van der Waals surface area contributed by atoms with E-state index < -0.39 is 10.6 Å². The third kappa shape index (κ3) is 4.18. The van der Waals surface area contributed by atoms with Gasteiger partial charge < -0.3 is 14.8 Å². The number of rotatable bonds is 6. The number of anilines is 2. The summed E-state index contributed by atoms with van der Waals surface area (Å²) in [5.41, 5.74) is -0.0780. The average molecular weight is 407 g/mol. The summed E-state index contributed by atoms with van der Waals surface area (Å²) in [6.07, 6.45) is 1.15. The molecule has 0 aliphatic carbocycles. The Kier molecular flexibility index (Phi) is 5.58. The monoisotopic (exact) mass is 406 g/mol. The van der Waals surface area contributed by atoms with Crippen molar-refractivity contribution in [3.05, 3.63) is 69.0 Å². The molecule has 0 radical (unpaired) electrons. The van der Waals surface area contributed by atoms with Crippen LogP contribution in [0.15, 0.2) is 48.8 Å². The summed E-state index contributed by atoms with van der Waals surface area (Å²) in [6.45, 7) is 0. The van der Waals surface area contributed by atoms with Crippen molar-refractivity contribution in [2.45, 2.75) is 0 Å². The van der Waals surface area contributed by atoms with Gasteiger partial charge in [-0.2, -0.15) is 4.98 Å². The quantitative estimate of drug-likeness (QED) is 0.441. The third-order valence-electron chi connectivity index (χ3n) is 3.45. The topological polar surface area (TPSA) is 99.4 Å². The van der Waals surface area contributed by atoms with Crippen molar-refractivity contribution < 1.29 is 14.4 Å². The van der Waals surface area contributed by atoms with Crippen LogP contribution >= 0.6 is 23.2 Å². The highest BCUT2D eigenvalue weighted by molar-refractivity contribution is 6.43. The molecule has 138 valence electrons. The van der Waals surface area contributed by atoms with Crippen LogP contribution in [0.4, 0.5) is 17.2 Å². The number of ether oxygens (including phenoxy) is 2. The fourth-order valence-corrected chi connectivity index (χ4v) is 2.52. The molecular weight excluding hydrogens is 395 g/mol. The first-order valence-electron chi connectivity index (χ1n) is 7.52. The average Bonchev–Trinajstić information content (AvgIpc) is 2.66. The standard InChI is InChI=1S/C17H12Cl2N4O4/c1-26-10-5-7-11(8-6-10)27-17-15(23(24)25)16(20-9-21-17)22-13-4-2-3-12(18)14(13)19/h2-9H,1H3,(H,20,21,22). The van der Waals surface area contributed by atoms with E-state index in [2.05, 4.69) is 15.3 Å². The summed E-state index contributed by atoms with van der Waals surface area (Å²) in [5.74, 6) is 0.672. The molecule has 0 aliphatic rings. The summed E-state index contributed by atoms with van der Waals surface area (Å²) < 4.78 is 10.6. The van der Waals surface area contributed by atoms with E-state index in [0.717, 1.165) is 6.33 Å². The number of hydrogen-bond donors (Lipinski definition) is 1. The molecule has 1 aromatic heterocycles. The molecule has 0 aliphatic heterocycles. The molecule has 0 amide bonds. The fourth-order valence-electron chi connectivity index (χ4n) is 2.18. The smallest absolute Gasteiger partial charge is 0.373 e. The Balaban J connectivity index is 1.97. The Bertz CT molecular complexity index is 983. The van der Waals surface area contributed by atoms with Crippen molar-refractivity contribution in [2.24, 2.45) is 0 Å². The Morgan fingerprint density at radius 1 is 1.07 bits per heavy atom. The van der Waals surface area contributed by atoms with E-state index in [1.54, 1.807) is 42.5 Å². The lowest BCUT2D eigenvalue weighted by Gasteiger charge is -2.11. The highest BCUT2D eigenvalue weighted by Crippen LogP contribution is 2.38. The van der Waals surface area contributed by atoms with Crippen LogP contribution in [0, 0.1) is 10.1 Å². The number of halogens is 2. The van der Waals surface area contributed by atoms with E-state index in [1.807, 2.05) is 0 Å². The molecule has 0 bridgehead atoms. The summed E-state index contributed by atoms with van der Waals surface area (Å²) in [4.78, 5) is 18.8. The predicted octanol–water partition coefficient (Wildman–Crippen LogP) is 5.24. The number of methoxy groups -OCH3 is 1. The van der Waals surface area contributed by atoms with Crippen LogP contribution in [0.1, 0.15) is 0 Å². The first-order chi connectivity index (χ1) is 13.0. The van der Waals surface area contributed by atoms with Gasteiger partial charge in [0, 0.05) is 0 Å². The molecule has 27 heavy (non-hydrogen) atoms. The molecule has 3 rings (SSSR count). The fraction of sp³-hybridized carbons (Fsp3) is 0.0588. The van der Waals surface area contributed by atoms with Gasteiger partial charge in [-0.25, -0.2) is 4.98 Å². The van der Waals surface area contributed by atoms with E-state index >= 15 is 0 Å². The maximum absolute atomic E-state index is 11.6. The first-order valence-corrected chi connectivity index (χ1v) is 8.27. The van der Waals surface area contributed by atoms with Gasteiger partial charge in [0.1, 0.15) is 17.8 Å². The largest absolute Gasteiger partial charge is 0.497 e. The van der Waals surface area contributed by atoms with E-state index in [1.165, 1.54) is 7.11 Å². The van der Waals surface area contributed by atoms with Gasteiger partial charge in [0.25, 0.3) is 0 Å². The van der Waals surface area contributed by atoms with E-state index in [9.17, 15) is 10.1 Å². The van der Waals surface area contributed by atoms with E-state index in [-0.39, 0.29) is 16.7 Å². The summed E-state index contributed by atoms with van der Waals surface area (Å²) >= 11 is 12.1. The Labute approximate surface area is 163 Å². The number of aromatic nitrogens is 2. The number of nitrogens with one attached hydrogen (secondary N) is 1. The molecule has 8 nitrogen and oxygen atoms in total. The molecule has 0 fully saturated rings. The molecule has 10 heteroatoms. The zero-order chi connectivity index (χ0) is 19.4. The summed E-state index contributed by atoms with van der Waals surface area (Å²) in [7, 11) is 1.53. The minimum Gasteiger partial charge on any atom is -0.497 e. The van der Waals surface area contributed by atoms with Gasteiger partial charge in [-0.3, -0.25) is 10.1 Å². The van der Waals surface area contributed by atoms with Crippen LogP contribution in [0.2, 0.25) is 10.0 Å². The predicted molar refractivity (Wildman–Crippen MR) is 101 cm³/mol. The van der Waals surface area contributed by atoms with Crippen LogP contribution in [-0.4, -0.2) is 22.0 Å². The second kappa shape index (κ2) is 8.07. The van der Waals surface area contributed by atoms with Crippen molar-refractivity contribution in [1.29, 1.82) is 0 Å². The van der Waals surface area contributed by atoms with Gasteiger partial charge in [-0.1, -0.05) is 29.3 Å². The third-order valence-corrected chi connectivity index (χ3v) is 4.27. The zero-order valence-corrected chi connectivity index (χ0v) is 15.4. The maximum atomic E-state index is 11.6. The maximum Gasteiger partial charge on any atom is 0.373 e. The SMILES string of the molecule is COc1ccc(Oc2ncnc(Nc3cccc(Cl)c3Cl)c2[N+](=O)[O-])cc1. The molecule has 1 heterocycles. The summed E-state index contributed by atoms with van der Waals surface area (Å²) in [5, 5.41) is 14.9. The Hall–Kier alpha value is -3.10. The van der Waals surface area contributed by atoms with Gasteiger partial charge in [0.05, 0.1) is 27.8 Å². The van der Waals surface area contributed by atoms with Gasteiger partial charge in [-0.15, -0.1) is 0 Å². The first kappa shape index (κ1) is 18.7. The van der Waals surface area contributed by atoms with Crippen molar-refractivity contribution >= 4 is 40.4 Å². The van der Waals surface area contributed by atoms with Crippen LogP contribution in [0.3, 0.4) is 0 Å². The van der Waals surface area contributed by atoms with Crippen molar-refractivity contribution in [1.82, 2.24) is 9.97 Å². The van der Waals surface area contributed by atoms with E-state index in [0.29, 0.717) is 22.2 Å². The highest BCUT2D eigenvalue weighted by Gasteiger charge is 2.26. The molecule has 3 aromatic rings. The molecule has 1 N–H and O–H groups in total. The van der Waals surface area contributed by atoms with Crippen LogP contribution < -0.4 is 14.8 Å². The molecule has 0 saturated carbocycles. The lowest BCUT2D eigenvalue weighted by atomic mass is 10.3. The normalized spacial score (nSPS) is 10.3. The van der Waals surface area contributed by atoms with Crippen molar-refractivity contribution in [3.63, 3.8) is 0 Å². The zero-order valence-electron chi connectivity index (χ0n) is 13.8. The Morgan fingerprint density at radius 2 is 1.78 bits per heavy atom. The minimum atomic E-state index is -0.639.